The Kier molecular flexibility index (Phi) is 7.53. The Bertz CT molecular complexity index is 3260. The molecule has 0 aliphatic heterocycles. The van der Waals surface area contributed by atoms with Gasteiger partial charge in [0.05, 0.1) is 0 Å². The van der Waals surface area contributed by atoms with Crippen LogP contribution in [0.25, 0.3) is 87.6 Å². The summed E-state index contributed by atoms with van der Waals surface area (Å²) in [6, 6.07) is 76.5. The van der Waals surface area contributed by atoms with E-state index in [0.717, 1.165) is 55.5 Å². The van der Waals surface area contributed by atoms with E-state index >= 15 is 0 Å². The lowest BCUT2D eigenvalue weighted by molar-refractivity contribution is 0.673. The van der Waals surface area contributed by atoms with Crippen molar-refractivity contribution >= 4 is 71.3 Å². The standard InChI is InChI=1S/C54H35NO/c1-2-14-40-33-42(26-25-36(40)11-1)41-16-7-18-45(34-41)55(44-30-27-39(28-31-44)48-22-9-15-37-12-3-5-20-47(37)48)46-19-8-17-43(35-46)49-23-10-24-52-53(49)51-32-29-38-13-4-6-21-50(38)54(51)56-52/h1-35H. The normalized spacial score (nSPS) is 11.6. The van der Waals surface area contributed by atoms with Gasteiger partial charge in [-0.2, -0.15) is 0 Å². The number of anilines is 3. The van der Waals surface area contributed by atoms with Gasteiger partial charge in [-0.1, -0.05) is 158 Å². The number of rotatable bonds is 6. The third-order valence-corrected chi connectivity index (χ3v) is 11.2. The van der Waals surface area contributed by atoms with Crippen molar-refractivity contribution in [1.29, 1.82) is 0 Å². The summed E-state index contributed by atoms with van der Waals surface area (Å²) in [5, 5.41) is 9.54. The van der Waals surface area contributed by atoms with Crippen LogP contribution in [-0.2, 0) is 0 Å². The summed E-state index contributed by atoms with van der Waals surface area (Å²) in [6.07, 6.45) is 0. The molecule has 0 saturated carbocycles. The average Bonchev–Trinajstić information content (AvgIpc) is 3.66. The quantitative estimate of drug-likeness (QED) is 0.171. The van der Waals surface area contributed by atoms with Crippen LogP contribution in [0.3, 0.4) is 0 Å². The van der Waals surface area contributed by atoms with E-state index in [1.165, 1.54) is 49.2 Å². The van der Waals surface area contributed by atoms with Crippen molar-refractivity contribution in [2.45, 2.75) is 0 Å². The molecule has 0 bridgehead atoms. The largest absolute Gasteiger partial charge is 0.455 e. The molecule has 0 aliphatic rings. The van der Waals surface area contributed by atoms with E-state index in [9.17, 15) is 0 Å². The molecule has 1 aromatic heterocycles. The Balaban J connectivity index is 1.07. The predicted molar refractivity (Wildman–Crippen MR) is 237 cm³/mol. The molecule has 11 rings (SSSR count). The van der Waals surface area contributed by atoms with Crippen LogP contribution in [0, 0.1) is 0 Å². The molecule has 0 aliphatic carbocycles. The number of nitrogens with zero attached hydrogens (tertiary/aromatic N) is 1. The van der Waals surface area contributed by atoms with Crippen LogP contribution in [0.15, 0.2) is 217 Å². The van der Waals surface area contributed by atoms with Gasteiger partial charge in [0.15, 0.2) is 0 Å². The second kappa shape index (κ2) is 13.2. The molecular formula is C54H35NO. The average molecular weight is 714 g/mol. The molecule has 10 aromatic carbocycles. The summed E-state index contributed by atoms with van der Waals surface area (Å²) >= 11 is 0. The topological polar surface area (TPSA) is 16.4 Å². The van der Waals surface area contributed by atoms with Crippen molar-refractivity contribution in [3.63, 3.8) is 0 Å². The highest BCUT2D eigenvalue weighted by atomic mass is 16.3. The van der Waals surface area contributed by atoms with Crippen LogP contribution in [0.1, 0.15) is 0 Å². The van der Waals surface area contributed by atoms with Crippen LogP contribution in [0.5, 0.6) is 0 Å². The lowest BCUT2D eigenvalue weighted by atomic mass is 9.97. The lowest BCUT2D eigenvalue weighted by Crippen LogP contribution is -2.10. The summed E-state index contributed by atoms with van der Waals surface area (Å²) in [6.45, 7) is 0. The van der Waals surface area contributed by atoms with Crippen LogP contribution < -0.4 is 4.90 Å². The molecule has 0 radical (unpaired) electrons. The first-order valence-corrected chi connectivity index (χ1v) is 19.2. The van der Waals surface area contributed by atoms with E-state index in [4.69, 9.17) is 4.42 Å². The van der Waals surface area contributed by atoms with Crippen molar-refractivity contribution in [2.75, 3.05) is 4.90 Å². The van der Waals surface area contributed by atoms with Gasteiger partial charge in [0.1, 0.15) is 11.2 Å². The van der Waals surface area contributed by atoms with Gasteiger partial charge in [-0.15, -0.1) is 0 Å². The molecule has 0 N–H and O–H groups in total. The summed E-state index contributed by atoms with van der Waals surface area (Å²) in [5.74, 6) is 0. The van der Waals surface area contributed by atoms with Crippen LogP contribution in [0.2, 0.25) is 0 Å². The fourth-order valence-electron chi connectivity index (χ4n) is 8.51. The summed E-state index contributed by atoms with van der Waals surface area (Å²) < 4.78 is 6.59. The zero-order valence-electron chi connectivity index (χ0n) is 30.6. The van der Waals surface area contributed by atoms with Crippen molar-refractivity contribution in [3.8, 4) is 33.4 Å². The highest BCUT2D eigenvalue weighted by molar-refractivity contribution is 6.19. The van der Waals surface area contributed by atoms with Gasteiger partial charge in [-0.3, -0.25) is 0 Å². The van der Waals surface area contributed by atoms with Crippen LogP contribution >= 0.6 is 0 Å². The van der Waals surface area contributed by atoms with E-state index in [1.807, 2.05) is 0 Å². The monoisotopic (exact) mass is 713 g/mol. The predicted octanol–water partition coefficient (Wildman–Crippen LogP) is 15.5. The third kappa shape index (κ3) is 5.42. The minimum atomic E-state index is 0.892. The molecule has 0 unspecified atom stereocenters. The van der Waals surface area contributed by atoms with Gasteiger partial charge >= 0.3 is 0 Å². The minimum Gasteiger partial charge on any atom is -0.455 e. The van der Waals surface area contributed by atoms with Gasteiger partial charge in [-0.05, 0) is 115 Å². The minimum absolute atomic E-state index is 0.892. The molecule has 0 fully saturated rings. The molecule has 1 heterocycles. The maximum Gasteiger partial charge on any atom is 0.143 e. The molecule has 56 heavy (non-hydrogen) atoms. The molecule has 0 atom stereocenters. The third-order valence-electron chi connectivity index (χ3n) is 11.2. The molecule has 0 spiro atoms. The van der Waals surface area contributed by atoms with Crippen molar-refractivity contribution < 1.29 is 4.42 Å². The van der Waals surface area contributed by atoms with Crippen molar-refractivity contribution in [2.24, 2.45) is 0 Å². The van der Waals surface area contributed by atoms with Gasteiger partial charge < -0.3 is 9.32 Å². The molecule has 2 heteroatoms. The number of furan rings is 1. The highest BCUT2D eigenvalue weighted by Gasteiger charge is 2.18. The van der Waals surface area contributed by atoms with E-state index in [2.05, 4.69) is 217 Å². The van der Waals surface area contributed by atoms with Crippen molar-refractivity contribution in [3.05, 3.63) is 212 Å². The maximum atomic E-state index is 6.59. The highest BCUT2D eigenvalue weighted by Crippen LogP contribution is 2.43. The number of hydrogen-bond donors (Lipinski definition) is 0. The first-order valence-electron chi connectivity index (χ1n) is 19.2. The second-order valence-electron chi connectivity index (χ2n) is 14.5. The Hall–Kier alpha value is -7.42. The van der Waals surface area contributed by atoms with Gasteiger partial charge in [0.25, 0.3) is 0 Å². The summed E-state index contributed by atoms with van der Waals surface area (Å²) in [5.41, 5.74) is 12.1. The SMILES string of the molecule is c1cc(-c2ccc3ccccc3c2)cc(N(c2ccc(-c3cccc4ccccc34)cc2)c2cccc(-c3cccc4oc5c6ccccc6ccc5c34)c2)c1. The summed E-state index contributed by atoms with van der Waals surface area (Å²) in [7, 11) is 0. The van der Waals surface area contributed by atoms with Gasteiger partial charge in [-0.25, -0.2) is 0 Å². The second-order valence-corrected chi connectivity index (χ2v) is 14.5. The Morgan fingerprint density at radius 1 is 0.304 bits per heavy atom. The maximum absolute atomic E-state index is 6.59. The summed E-state index contributed by atoms with van der Waals surface area (Å²) in [4.78, 5) is 2.38. The fourth-order valence-corrected chi connectivity index (χ4v) is 8.51. The Morgan fingerprint density at radius 2 is 0.875 bits per heavy atom. The first kappa shape index (κ1) is 32.0. The molecule has 0 amide bonds. The number of benzene rings is 10. The van der Waals surface area contributed by atoms with Gasteiger partial charge in [0.2, 0.25) is 0 Å². The molecular weight excluding hydrogens is 679 g/mol. The van der Waals surface area contributed by atoms with E-state index in [0.29, 0.717) is 0 Å². The Labute approximate surface area is 325 Å². The number of fused-ring (bicyclic) bond motifs is 7. The van der Waals surface area contributed by atoms with Crippen molar-refractivity contribution in [1.82, 2.24) is 0 Å². The van der Waals surface area contributed by atoms with E-state index in [1.54, 1.807) is 0 Å². The molecule has 0 saturated heterocycles. The van der Waals surface area contributed by atoms with Gasteiger partial charge in [0, 0.05) is 33.2 Å². The Morgan fingerprint density at radius 3 is 1.70 bits per heavy atom. The van der Waals surface area contributed by atoms with E-state index < -0.39 is 0 Å². The van der Waals surface area contributed by atoms with E-state index in [-0.39, 0.29) is 0 Å². The zero-order chi connectivity index (χ0) is 37.0. The fraction of sp³-hybridized carbons (Fsp3) is 0. The first-order chi connectivity index (χ1) is 27.7. The zero-order valence-corrected chi connectivity index (χ0v) is 30.6. The molecule has 11 aromatic rings. The molecule has 2 nitrogen and oxygen atoms in total. The van der Waals surface area contributed by atoms with Crippen LogP contribution in [-0.4, -0.2) is 0 Å². The smallest absolute Gasteiger partial charge is 0.143 e. The lowest BCUT2D eigenvalue weighted by Gasteiger charge is -2.27. The molecule has 262 valence electrons. The van der Waals surface area contributed by atoms with Crippen LogP contribution in [0.4, 0.5) is 17.1 Å². The number of hydrogen-bond acceptors (Lipinski definition) is 2.